The molecule has 0 spiro atoms. The van der Waals surface area contributed by atoms with Crippen molar-refractivity contribution >= 4 is 11.8 Å². The molecule has 100 valence electrons. The van der Waals surface area contributed by atoms with E-state index >= 15 is 0 Å². The average molecular weight is 264 g/mol. The lowest BCUT2D eigenvalue weighted by molar-refractivity contribution is 0.357. The summed E-state index contributed by atoms with van der Waals surface area (Å²) in [6.45, 7) is 6.67. The highest BCUT2D eigenvalue weighted by molar-refractivity contribution is 7.99. The first kappa shape index (κ1) is 14.0. The van der Waals surface area contributed by atoms with Crippen LogP contribution in [0.3, 0.4) is 0 Å². The van der Waals surface area contributed by atoms with Crippen molar-refractivity contribution in [1.29, 1.82) is 0 Å². The van der Waals surface area contributed by atoms with E-state index in [1.807, 2.05) is 11.8 Å². The number of rotatable bonds is 7. The minimum Gasteiger partial charge on any atom is -0.370 e. The minimum atomic E-state index is 0.485. The van der Waals surface area contributed by atoms with Crippen LogP contribution in [0.2, 0.25) is 0 Å². The second kappa shape index (κ2) is 6.63. The molecule has 1 aromatic carbocycles. The van der Waals surface area contributed by atoms with Gasteiger partial charge in [0.1, 0.15) is 0 Å². The second-order valence-corrected chi connectivity index (χ2v) is 6.31. The SMILES string of the molecule is CCCSc1ccc(C(CC)CC2OC2C)cc1. The summed E-state index contributed by atoms with van der Waals surface area (Å²) in [5.74, 6) is 1.87. The Morgan fingerprint density at radius 3 is 2.39 bits per heavy atom. The summed E-state index contributed by atoms with van der Waals surface area (Å²) in [5, 5.41) is 0. The number of thioether (sulfide) groups is 1. The van der Waals surface area contributed by atoms with Crippen LogP contribution < -0.4 is 0 Å². The van der Waals surface area contributed by atoms with E-state index in [0.717, 1.165) is 0 Å². The fourth-order valence-electron chi connectivity index (χ4n) is 2.35. The lowest BCUT2D eigenvalue weighted by atomic mass is 9.91. The standard InChI is InChI=1S/C16H24OS/c1-4-10-18-15-8-6-14(7-9-15)13(5-2)11-16-12(3)17-16/h6-9,12-13,16H,4-5,10-11H2,1-3H3. The van der Waals surface area contributed by atoms with E-state index in [1.54, 1.807) is 0 Å². The predicted octanol–water partition coefficient (Wildman–Crippen LogP) is 4.86. The van der Waals surface area contributed by atoms with Gasteiger partial charge in [-0.25, -0.2) is 0 Å². The van der Waals surface area contributed by atoms with Gasteiger partial charge in [0.2, 0.25) is 0 Å². The molecule has 0 saturated carbocycles. The van der Waals surface area contributed by atoms with Gasteiger partial charge in [-0.05, 0) is 55.6 Å². The summed E-state index contributed by atoms with van der Waals surface area (Å²) in [4.78, 5) is 1.39. The van der Waals surface area contributed by atoms with Crippen LogP contribution in [0.5, 0.6) is 0 Å². The molecule has 0 bridgehead atoms. The van der Waals surface area contributed by atoms with Gasteiger partial charge < -0.3 is 4.74 Å². The first-order chi connectivity index (χ1) is 8.74. The van der Waals surface area contributed by atoms with Crippen molar-refractivity contribution in [2.75, 3.05) is 5.75 Å². The summed E-state index contributed by atoms with van der Waals surface area (Å²) in [7, 11) is 0. The van der Waals surface area contributed by atoms with Crippen molar-refractivity contribution in [2.45, 2.75) is 63.1 Å². The molecular formula is C16H24OS. The average Bonchev–Trinajstić information content (AvgIpc) is 3.10. The van der Waals surface area contributed by atoms with E-state index in [9.17, 15) is 0 Å². The van der Waals surface area contributed by atoms with Gasteiger partial charge in [0.15, 0.2) is 0 Å². The molecule has 1 heterocycles. The van der Waals surface area contributed by atoms with E-state index in [1.165, 1.54) is 35.5 Å². The van der Waals surface area contributed by atoms with Gasteiger partial charge in [0, 0.05) is 4.90 Å². The van der Waals surface area contributed by atoms with Crippen molar-refractivity contribution in [3.63, 3.8) is 0 Å². The molecule has 0 aliphatic carbocycles. The molecule has 3 atom stereocenters. The number of hydrogen-bond donors (Lipinski definition) is 0. The van der Waals surface area contributed by atoms with Gasteiger partial charge in [0.05, 0.1) is 12.2 Å². The molecule has 1 nitrogen and oxygen atoms in total. The lowest BCUT2D eigenvalue weighted by Crippen LogP contribution is -2.02. The molecule has 1 aromatic rings. The summed E-state index contributed by atoms with van der Waals surface area (Å²) >= 11 is 1.95. The normalized spacial score (nSPS) is 23.9. The van der Waals surface area contributed by atoms with Gasteiger partial charge >= 0.3 is 0 Å². The number of epoxide rings is 1. The molecule has 0 amide bonds. The third-order valence-electron chi connectivity index (χ3n) is 3.67. The van der Waals surface area contributed by atoms with Gasteiger partial charge in [-0.1, -0.05) is 26.0 Å². The van der Waals surface area contributed by atoms with E-state index in [4.69, 9.17) is 4.74 Å². The van der Waals surface area contributed by atoms with Crippen LogP contribution in [0, 0.1) is 0 Å². The number of hydrogen-bond acceptors (Lipinski definition) is 2. The van der Waals surface area contributed by atoms with Crippen LogP contribution in [0.4, 0.5) is 0 Å². The van der Waals surface area contributed by atoms with Gasteiger partial charge in [-0.15, -0.1) is 11.8 Å². The van der Waals surface area contributed by atoms with Crippen molar-refractivity contribution < 1.29 is 4.74 Å². The van der Waals surface area contributed by atoms with Crippen molar-refractivity contribution in [2.24, 2.45) is 0 Å². The molecule has 1 aliphatic rings. The quantitative estimate of drug-likeness (QED) is 0.515. The maximum absolute atomic E-state index is 5.54. The third kappa shape index (κ3) is 3.76. The van der Waals surface area contributed by atoms with Crippen LogP contribution in [-0.2, 0) is 4.74 Å². The van der Waals surface area contributed by atoms with Crippen molar-refractivity contribution in [1.82, 2.24) is 0 Å². The van der Waals surface area contributed by atoms with Crippen LogP contribution >= 0.6 is 11.8 Å². The molecule has 0 N–H and O–H groups in total. The Morgan fingerprint density at radius 2 is 1.89 bits per heavy atom. The second-order valence-electron chi connectivity index (χ2n) is 5.14. The third-order valence-corrected chi connectivity index (χ3v) is 4.89. The molecule has 2 rings (SSSR count). The Kier molecular flexibility index (Phi) is 5.13. The number of benzene rings is 1. The topological polar surface area (TPSA) is 12.5 Å². The summed E-state index contributed by atoms with van der Waals surface area (Å²) < 4.78 is 5.54. The van der Waals surface area contributed by atoms with E-state index in [0.29, 0.717) is 18.1 Å². The molecule has 18 heavy (non-hydrogen) atoms. The lowest BCUT2D eigenvalue weighted by Gasteiger charge is -2.14. The molecule has 1 aliphatic heterocycles. The predicted molar refractivity (Wildman–Crippen MR) is 79.4 cm³/mol. The Balaban J connectivity index is 1.93. The van der Waals surface area contributed by atoms with Crippen LogP contribution in [0.1, 0.15) is 51.5 Å². The molecule has 1 fully saturated rings. The van der Waals surface area contributed by atoms with Crippen LogP contribution in [-0.4, -0.2) is 18.0 Å². The van der Waals surface area contributed by atoms with Crippen molar-refractivity contribution in [3.8, 4) is 0 Å². The molecule has 0 radical (unpaired) electrons. The van der Waals surface area contributed by atoms with E-state index in [2.05, 4.69) is 45.0 Å². The summed E-state index contributed by atoms with van der Waals surface area (Å²) in [5.41, 5.74) is 1.47. The zero-order valence-corrected chi connectivity index (χ0v) is 12.5. The smallest absolute Gasteiger partial charge is 0.0844 e. The highest BCUT2D eigenvalue weighted by atomic mass is 32.2. The molecule has 2 heteroatoms. The maximum atomic E-state index is 5.54. The number of ether oxygens (including phenoxy) is 1. The Hall–Kier alpha value is -0.470. The van der Waals surface area contributed by atoms with Crippen LogP contribution in [0.15, 0.2) is 29.2 Å². The fraction of sp³-hybridized carbons (Fsp3) is 0.625. The Labute approximate surface area is 115 Å². The minimum absolute atomic E-state index is 0.485. The zero-order chi connectivity index (χ0) is 13.0. The Bertz CT molecular complexity index is 360. The summed E-state index contributed by atoms with van der Waals surface area (Å²) in [6.07, 6.45) is 4.61. The van der Waals surface area contributed by atoms with Gasteiger partial charge in [-0.2, -0.15) is 0 Å². The van der Waals surface area contributed by atoms with E-state index in [-0.39, 0.29) is 0 Å². The first-order valence-electron chi connectivity index (χ1n) is 7.12. The Morgan fingerprint density at radius 1 is 1.22 bits per heavy atom. The first-order valence-corrected chi connectivity index (χ1v) is 8.11. The van der Waals surface area contributed by atoms with Crippen molar-refractivity contribution in [3.05, 3.63) is 29.8 Å². The zero-order valence-electron chi connectivity index (χ0n) is 11.7. The monoisotopic (exact) mass is 264 g/mol. The molecule has 0 aromatic heterocycles. The largest absolute Gasteiger partial charge is 0.370 e. The fourth-order valence-corrected chi connectivity index (χ4v) is 3.12. The van der Waals surface area contributed by atoms with E-state index < -0.39 is 0 Å². The molecule has 1 saturated heterocycles. The van der Waals surface area contributed by atoms with Crippen LogP contribution in [0.25, 0.3) is 0 Å². The molecular weight excluding hydrogens is 240 g/mol. The molecule has 3 unspecified atom stereocenters. The maximum Gasteiger partial charge on any atom is 0.0844 e. The highest BCUT2D eigenvalue weighted by Crippen LogP contribution is 2.34. The summed E-state index contributed by atoms with van der Waals surface area (Å²) in [6, 6.07) is 9.16. The van der Waals surface area contributed by atoms with Gasteiger partial charge in [0.25, 0.3) is 0 Å². The highest BCUT2D eigenvalue weighted by Gasteiger charge is 2.35. The van der Waals surface area contributed by atoms with Gasteiger partial charge in [-0.3, -0.25) is 0 Å².